The Morgan fingerprint density at radius 2 is 2.15 bits per heavy atom. The smallest absolute Gasteiger partial charge is 0.281 e. The Kier molecular flexibility index (Phi) is 3.70. The second-order valence-corrected chi connectivity index (χ2v) is 5.19. The van der Waals surface area contributed by atoms with Crippen molar-refractivity contribution in [2.75, 3.05) is 0 Å². The first-order valence-corrected chi connectivity index (χ1v) is 6.26. The van der Waals surface area contributed by atoms with E-state index in [-0.39, 0.29) is 6.04 Å². The summed E-state index contributed by atoms with van der Waals surface area (Å²) in [4.78, 5) is 0. The Bertz CT molecular complexity index is 248. The maximum atomic E-state index is 10.8. The van der Waals surface area contributed by atoms with Gasteiger partial charge in [0, 0.05) is 6.04 Å². The van der Waals surface area contributed by atoms with Crippen LogP contribution >= 0.6 is 0 Å². The molecule has 0 aromatic rings. The molecule has 0 amide bonds. The number of nitrogens with one attached hydrogen (secondary N) is 1. The lowest BCUT2D eigenvalue weighted by Crippen LogP contribution is -2.46. The van der Waals surface area contributed by atoms with Gasteiger partial charge in [0.2, 0.25) is 0 Å². The van der Waals surface area contributed by atoms with Gasteiger partial charge in [0.15, 0.2) is 0 Å². The number of piperidine rings is 1. The molecule has 1 aliphatic heterocycles. The molecule has 2 unspecified atom stereocenters. The minimum atomic E-state index is -3.89. The van der Waals surface area contributed by atoms with Gasteiger partial charge in [-0.2, -0.15) is 8.42 Å². The van der Waals surface area contributed by atoms with E-state index in [1.54, 1.807) is 0 Å². The van der Waals surface area contributed by atoms with Gasteiger partial charge in [-0.05, 0) is 25.7 Å². The molecule has 0 aliphatic carbocycles. The molecule has 5 heteroatoms. The summed E-state index contributed by atoms with van der Waals surface area (Å²) >= 11 is 0. The molecule has 13 heavy (non-hydrogen) atoms. The monoisotopic (exact) mass is 207 g/mol. The second kappa shape index (κ2) is 4.39. The first kappa shape index (κ1) is 10.9. The quantitative estimate of drug-likeness (QED) is 0.681. The van der Waals surface area contributed by atoms with Crippen molar-refractivity contribution in [1.29, 1.82) is 0 Å². The van der Waals surface area contributed by atoms with Crippen molar-refractivity contribution in [3.63, 3.8) is 0 Å². The topological polar surface area (TPSA) is 66.4 Å². The zero-order valence-corrected chi connectivity index (χ0v) is 8.68. The molecule has 0 bridgehead atoms. The van der Waals surface area contributed by atoms with Gasteiger partial charge in [-0.25, -0.2) is 0 Å². The fraction of sp³-hybridized carbons (Fsp3) is 1.00. The van der Waals surface area contributed by atoms with E-state index < -0.39 is 15.5 Å². The van der Waals surface area contributed by atoms with E-state index in [1.807, 2.05) is 0 Å². The molecule has 78 valence electrons. The van der Waals surface area contributed by atoms with E-state index in [1.165, 1.54) is 0 Å². The third kappa shape index (κ3) is 3.25. The van der Waals surface area contributed by atoms with Crippen molar-refractivity contribution in [3.8, 4) is 0 Å². The highest BCUT2D eigenvalue weighted by Gasteiger charge is 2.28. The Balaban J connectivity index is 2.52. The molecule has 0 radical (unpaired) electrons. The molecular formula is C8H17NO3S. The molecule has 0 aromatic carbocycles. The van der Waals surface area contributed by atoms with Crippen molar-refractivity contribution in [3.05, 3.63) is 0 Å². The van der Waals surface area contributed by atoms with E-state index in [0.29, 0.717) is 6.42 Å². The van der Waals surface area contributed by atoms with Crippen LogP contribution in [0.3, 0.4) is 0 Å². The SMILES string of the molecule is CCCC1CCCC(S(=O)(=O)O)N1. The minimum absolute atomic E-state index is 0.255. The minimum Gasteiger partial charge on any atom is -0.296 e. The number of hydrogen-bond donors (Lipinski definition) is 2. The van der Waals surface area contributed by atoms with Gasteiger partial charge < -0.3 is 0 Å². The second-order valence-electron chi connectivity index (χ2n) is 3.59. The van der Waals surface area contributed by atoms with E-state index in [9.17, 15) is 8.42 Å². The normalized spacial score (nSPS) is 30.3. The van der Waals surface area contributed by atoms with Crippen molar-refractivity contribution >= 4 is 10.1 Å². The lowest BCUT2D eigenvalue weighted by molar-refractivity contribution is 0.334. The standard InChI is InChI=1S/C8H17NO3S/c1-2-4-7-5-3-6-8(9-7)13(10,11)12/h7-9H,2-6H2,1H3,(H,10,11,12). The first-order chi connectivity index (χ1) is 6.04. The van der Waals surface area contributed by atoms with Gasteiger partial charge >= 0.3 is 0 Å². The Morgan fingerprint density at radius 1 is 1.46 bits per heavy atom. The maximum Gasteiger partial charge on any atom is 0.281 e. The number of hydrogen-bond acceptors (Lipinski definition) is 3. The average molecular weight is 207 g/mol. The van der Waals surface area contributed by atoms with Crippen molar-refractivity contribution in [1.82, 2.24) is 5.32 Å². The zero-order chi connectivity index (χ0) is 9.90. The van der Waals surface area contributed by atoms with Crippen LogP contribution in [0.4, 0.5) is 0 Å². The summed E-state index contributed by atoms with van der Waals surface area (Å²) in [5.74, 6) is 0. The highest BCUT2D eigenvalue weighted by Crippen LogP contribution is 2.18. The summed E-state index contributed by atoms with van der Waals surface area (Å²) in [6, 6.07) is 0.255. The molecule has 1 fully saturated rings. The third-order valence-electron chi connectivity index (χ3n) is 2.44. The molecule has 1 rings (SSSR count). The maximum absolute atomic E-state index is 10.8. The van der Waals surface area contributed by atoms with Crippen LogP contribution in [0.25, 0.3) is 0 Å². The lowest BCUT2D eigenvalue weighted by Gasteiger charge is -2.28. The summed E-state index contributed by atoms with van der Waals surface area (Å²) in [5.41, 5.74) is 0. The molecule has 0 aromatic heterocycles. The predicted octanol–water partition coefficient (Wildman–Crippen LogP) is 1.14. The molecule has 1 aliphatic rings. The summed E-state index contributed by atoms with van der Waals surface area (Å²) in [6.45, 7) is 2.07. The Hall–Kier alpha value is -0.130. The van der Waals surface area contributed by atoms with E-state index in [2.05, 4.69) is 12.2 Å². The Morgan fingerprint density at radius 3 is 2.69 bits per heavy atom. The lowest BCUT2D eigenvalue weighted by atomic mass is 10.0. The number of rotatable bonds is 3. The summed E-state index contributed by atoms with van der Waals surface area (Å²) in [5, 5.41) is 2.22. The summed E-state index contributed by atoms with van der Waals surface area (Å²) in [6.07, 6.45) is 4.43. The van der Waals surface area contributed by atoms with Crippen LogP contribution < -0.4 is 5.32 Å². The van der Waals surface area contributed by atoms with Gasteiger partial charge in [0.05, 0.1) is 0 Å². The van der Waals surface area contributed by atoms with Crippen LogP contribution in [0, 0.1) is 0 Å². The van der Waals surface area contributed by atoms with Gasteiger partial charge in [0.25, 0.3) is 10.1 Å². The van der Waals surface area contributed by atoms with Crippen LogP contribution in [0.5, 0.6) is 0 Å². The first-order valence-electron chi connectivity index (χ1n) is 4.76. The average Bonchev–Trinajstić information content (AvgIpc) is 2.04. The van der Waals surface area contributed by atoms with Crippen molar-refractivity contribution in [2.45, 2.75) is 50.4 Å². The molecule has 4 nitrogen and oxygen atoms in total. The fourth-order valence-electron chi connectivity index (χ4n) is 1.79. The highest BCUT2D eigenvalue weighted by atomic mass is 32.2. The third-order valence-corrected chi connectivity index (χ3v) is 3.53. The van der Waals surface area contributed by atoms with Crippen LogP contribution in [0.2, 0.25) is 0 Å². The van der Waals surface area contributed by atoms with Gasteiger partial charge in [0.1, 0.15) is 5.37 Å². The largest absolute Gasteiger partial charge is 0.296 e. The van der Waals surface area contributed by atoms with E-state index in [4.69, 9.17) is 4.55 Å². The molecule has 0 spiro atoms. The highest BCUT2D eigenvalue weighted by molar-refractivity contribution is 7.86. The summed E-state index contributed by atoms with van der Waals surface area (Å²) < 4.78 is 30.5. The van der Waals surface area contributed by atoms with Crippen LogP contribution in [-0.2, 0) is 10.1 Å². The molecular weight excluding hydrogens is 190 g/mol. The molecule has 0 saturated carbocycles. The molecule has 2 N–H and O–H groups in total. The van der Waals surface area contributed by atoms with Gasteiger partial charge in [-0.1, -0.05) is 13.3 Å². The van der Waals surface area contributed by atoms with Gasteiger partial charge in [-0.3, -0.25) is 9.87 Å². The Labute approximate surface area is 79.5 Å². The molecule has 1 heterocycles. The molecule has 1 saturated heterocycles. The van der Waals surface area contributed by atoms with E-state index in [0.717, 1.165) is 25.7 Å². The van der Waals surface area contributed by atoms with Crippen molar-refractivity contribution in [2.24, 2.45) is 0 Å². The fourth-order valence-corrected chi connectivity index (χ4v) is 2.62. The zero-order valence-electron chi connectivity index (χ0n) is 7.86. The predicted molar refractivity (Wildman–Crippen MR) is 51.0 cm³/mol. The van der Waals surface area contributed by atoms with Crippen molar-refractivity contribution < 1.29 is 13.0 Å². The van der Waals surface area contributed by atoms with Crippen LogP contribution in [0.1, 0.15) is 39.0 Å². The van der Waals surface area contributed by atoms with Crippen LogP contribution in [0.15, 0.2) is 0 Å². The van der Waals surface area contributed by atoms with E-state index >= 15 is 0 Å². The summed E-state index contributed by atoms with van der Waals surface area (Å²) in [7, 11) is -3.89. The van der Waals surface area contributed by atoms with Gasteiger partial charge in [-0.15, -0.1) is 0 Å². The molecule has 2 atom stereocenters. The van der Waals surface area contributed by atoms with Crippen LogP contribution in [-0.4, -0.2) is 24.4 Å².